The van der Waals surface area contributed by atoms with E-state index < -0.39 is 0 Å². The Kier molecular flexibility index (Phi) is 3.92. The summed E-state index contributed by atoms with van der Waals surface area (Å²) in [5.41, 5.74) is 4.02. The van der Waals surface area contributed by atoms with E-state index in [-0.39, 0.29) is 17.8 Å². The molecular formula is C18H17FN2O. The van der Waals surface area contributed by atoms with Gasteiger partial charge in [0.25, 0.3) is 0 Å². The molecule has 4 heteroatoms. The Morgan fingerprint density at radius 1 is 1.14 bits per heavy atom. The van der Waals surface area contributed by atoms with Crippen LogP contribution in [-0.2, 0) is 17.6 Å². The number of anilines is 2. The molecule has 2 aromatic carbocycles. The average Bonchev–Trinajstić information content (AvgIpc) is 2.88. The molecule has 0 saturated heterocycles. The summed E-state index contributed by atoms with van der Waals surface area (Å²) in [4.78, 5) is 11.3. The molecular weight excluding hydrogens is 279 g/mol. The van der Waals surface area contributed by atoms with Crippen molar-refractivity contribution in [3.8, 4) is 0 Å². The minimum Gasteiger partial charge on any atom is -0.382 e. The van der Waals surface area contributed by atoms with Crippen molar-refractivity contribution >= 4 is 17.3 Å². The van der Waals surface area contributed by atoms with Crippen LogP contribution in [0.15, 0.2) is 55.1 Å². The number of carbonyl (C=O) groups is 1. The summed E-state index contributed by atoms with van der Waals surface area (Å²) in [6.45, 7) is 3.44. The van der Waals surface area contributed by atoms with Gasteiger partial charge in [0.1, 0.15) is 5.82 Å². The van der Waals surface area contributed by atoms with Crippen LogP contribution in [0.1, 0.15) is 11.1 Å². The number of amides is 1. The highest BCUT2D eigenvalue weighted by atomic mass is 19.1. The molecule has 112 valence electrons. The van der Waals surface area contributed by atoms with Gasteiger partial charge in [0.15, 0.2) is 0 Å². The topological polar surface area (TPSA) is 41.1 Å². The molecule has 0 radical (unpaired) electrons. The molecule has 0 spiro atoms. The van der Waals surface area contributed by atoms with Crippen LogP contribution in [0.2, 0.25) is 0 Å². The van der Waals surface area contributed by atoms with E-state index in [4.69, 9.17) is 0 Å². The summed E-state index contributed by atoms with van der Waals surface area (Å²) < 4.78 is 13.2. The number of fused-ring (bicyclic) bond motifs is 1. The SMILES string of the molecule is C=CC(=O)Nc1ccc2c(c1)CC(Nc1cccc(F)c1)C2. The minimum absolute atomic E-state index is 0.215. The van der Waals surface area contributed by atoms with E-state index in [1.54, 1.807) is 6.07 Å². The Morgan fingerprint density at radius 2 is 1.95 bits per heavy atom. The monoisotopic (exact) mass is 296 g/mol. The van der Waals surface area contributed by atoms with Crippen LogP contribution in [-0.4, -0.2) is 11.9 Å². The molecule has 1 aliphatic carbocycles. The third-order valence-electron chi connectivity index (χ3n) is 3.79. The summed E-state index contributed by atoms with van der Waals surface area (Å²) in [5.74, 6) is -0.456. The second-order valence-electron chi connectivity index (χ2n) is 5.44. The lowest BCUT2D eigenvalue weighted by molar-refractivity contribution is -0.111. The van der Waals surface area contributed by atoms with Crippen LogP contribution in [0.3, 0.4) is 0 Å². The van der Waals surface area contributed by atoms with Gasteiger partial charge >= 0.3 is 0 Å². The zero-order valence-electron chi connectivity index (χ0n) is 12.1. The van der Waals surface area contributed by atoms with Gasteiger partial charge in [-0.05, 0) is 60.4 Å². The fraction of sp³-hybridized carbons (Fsp3) is 0.167. The van der Waals surface area contributed by atoms with Crippen LogP contribution in [0.4, 0.5) is 15.8 Å². The molecule has 2 N–H and O–H groups in total. The number of benzene rings is 2. The molecule has 1 atom stereocenters. The first-order valence-electron chi connectivity index (χ1n) is 7.21. The lowest BCUT2D eigenvalue weighted by Gasteiger charge is -2.13. The minimum atomic E-state index is -0.241. The number of hydrogen-bond donors (Lipinski definition) is 2. The summed E-state index contributed by atoms with van der Waals surface area (Å²) in [6.07, 6.45) is 2.99. The zero-order chi connectivity index (χ0) is 15.5. The fourth-order valence-electron chi connectivity index (χ4n) is 2.81. The summed E-state index contributed by atoms with van der Waals surface area (Å²) in [5, 5.41) is 6.12. The second kappa shape index (κ2) is 6.02. The standard InChI is InChI=1S/C18H17FN2O/c1-2-18(22)21-16-7-6-12-8-17(10-13(12)9-16)20-15-5-3-4-14(19)11-15/h2-7,9,11,17,20H,1,8,10H2,(H,21,22). The molecule has 1 amide bonds. The first kappa shape index (κ1) is 14.3. The highest BCUT2D eigenvalue weighted by molar-refractivity contribution is 5.98. The van der Waals surface area contributed by atoms with Gasteiger partial charge in [0.2, 0.25) is 5.91 Å². The van der Waals surface area contributed by atoms with Crippen LogP contribution >= 0.6 is 0 Å². The zero-order valence-corrected chi connectivity index (χ0v) is 12.1. The smallest absolute Gasteiger partial charge is 0.247 e. The van der Waals surface area contributed by atoms with Crippen molar-refractivity contribution in [2.24, 2.45) is 0 Å². The second-order valence-corrected chi connectivity index (χ2v) is 5.44. The molecule has 0 aliphatic heterocycles. The van der Waals surface area contributed by atoms with Crippen LogP contribution < -0.4 is 10.6 Å². The number of carbonyl (C=O) groups excluding carboxylic acids is 1. The lowest BCUT2D eigenvalue weighted by atomic mass is 10.1. The van der Waals surface area contributed by atoms with Crippen molar-refractivity contribution in [3.05, 3.63) is 72.1 Å². The Morgan fingerprint density at radius 3 is 2.73 bits per heavy atom. The van der Waals surface area contributed by atoms with E-state index in [2.05, 4.69) is 17.2 Å². The number of nitrogens with one attached hydrogen (secondary N) is 2. The van der Waals surface area contributed by atoms with E-state index in [1.807, 2.05) is 24.3 Å². The van der Waals surface area contributed by atoms with Crippen molar-refractivity contribution < 1.29 is 9.18 Å². The maximum absolute atomic E-state index is 13.2. The van der Waals surface area contributed by atoms with Gasteiger partial charge in [-0.1, -0.05) is 18.7 Å². The first-order valence-corrected chi connectivity index (χ1v) is 7.21. The molecule has 0 fully saturated rings. The number of hydrogen-bond acceptors (Lipinski definition) is 2. The molecule has 3 nitrogen and oxygen atoms in total. The quantitative estimate of drug-likeness (QED) is 0.847. The molecule has 1 aliphatic rings. The van der Waals surface area contributed by atoms with Gasteiger partial charge in [0.05, 0.1) is 0 Å². The van der Waals surface area contributed by atoms with Crippen LogP contribution in [0, 0.1) is 5.82 Å². The summed E-state index contributed by atoms with van der Waals surface area (Å²) in [7, 11) is 0. The maximum Gasteiger partial charge on any atom is 0.247 e. The molecule has 22 heavy (non-hydrogen) atoms. The van der Waals surface area contributed by atoms with Gasteiger partial charge in [0, 0.05) is 17.4 Å². The normalized spacial score (nSPS) is 16.0. The predicted molar refractivity (Wildman–Crippen MR) is 86.5 cm³/mol. The molecule has 1 unspecified atom stereocenters. The van der Waals surface area contributed by atoms with Gasteiger partial charge in [-0.2, -0.15) is 0 Å². The van der Waals surface area contributed by atoms with Crippen LogP contribution in [0.25, 0.3) is 0 Å². The highest BCUT2D eigenvalue weighted by Crippen LogP contribution is 2.27. The van der Waals surface area contributed by atoms with Gasteiger partial charge in [-0.25, -0.2) is 4.39 Å². The predicted octanol–water partition coefficient (Wildman–Crippen LogP) is 3.53. The Hall–Kier alpha value is -2.62. The molecule has 0 aromatic heterocycles. The summed E-state index contributed by atoms with van der Waals surface area (Å²) in [6, 6.07) is 12.6. The molecule has 0 heterocycles. The Bertz CT molecular complexity index is 727. The van der Waals surface area contributed by atoms with Crippen LogP contribution in [0.5, 0.6) is 0 Å². The maximum atomic E-state index is 13.2. The van der Waals surface area contributed by atoms with E-state index in [9.17, 15) is 9.18 Å². The lowest BCUT2D eigenvalue weighted by Crippen LogP contribution is -2.19. The van der Waals surface area contributed by atoms with Gasteiger partial charge in [-0.15, -0.1) is 0 Å². The Balaban J connectivity index is 1.70. The van der Waals surface area contributed by atoms with Crippen molar-refractivity contribution in [1.82, 2.24) is 0 Å². The van der Waals surface area contributed by atoms with E-state index >= 15 is 0 Å². The number of halogens is 1. The highest BCUT2D eigenvalue weighted by Gasteiger charge is 2.21. The molecule has 2 aromatic rings. The van der Waals surface area contributed by atoms with Crippen molar-refractivity contribution in [3.63, 3.8) is 0 Å². The third-order valence-corrected chi connectivity index (χ3v) is 3.79. The number of rotatable bonds is 4. The third kappa shape index (κ3) is 3.17. The van der Waals surface area contributed by atoms with E-state index in [0.29, 0.717) is 0 Å². The Labute approximate surface area is 128 Å². The fourth-order valence-corrected chi connectivity index (χ4v) is 2.81. The largest absolute Gasteiger partial charge is 0.382 e. The van der Waals surface area contributed by atoms with Crippen molar-refractivity contribution in [2.75, 3.05) is 10.6 Å². The molecule has 0 saturated carbocycles. The molecule has 3 rings (SSSR count). The van der Waals surface area contributed by atoms with E-state index in [0.717, 1.165) is 24.2 Å². The van der Waals surface area contributed by atoms with Gasteiger partial charge < -0.3 is 10.6 Å². The first-order chi connectivity index (χ1) is 10.6. The van der Waals surface area contributed by atoms with Crippen molar-refractivity contribution in [2.45, 2.75) is 18.9 Å². The average molecular weight is 296 g/mol. The van der Waals surface area contributed by atoms with Crippen molar-refractivity contribution in [1.29, 1.82) is 0 Å². The summed E-state index contributed by atoms with van der Waals surface area (Å²) >= 11 is 0. The van der Waals surface area contributed by atoms with E-state index in [1.165, 1.54) is 29.3 Å². The van der Waals surface area contributed by atoms with Gasteiger partial charge in [-0.3, -0.25) is 4.79 Å². The molecule has 0 bridgehead atoms.